The minimum absolute atomic E-state index is 0.164. The first-order chi connectivity index (χ1) is 12.0. The number of carbonyl (C=O) groups is 1. The third-order valence-corrected chi connectivity index (χ3v) is 4.90. The summed E-state index contributed by atoms with van der Waals surface area (Å²) in [5.74, 6) is -0.108. The summed E-state index contributed by atoms with van der Waals surface area (Å²) in [6.45, 7) is 0. The third-order valence-electron chi connectivity index (χ3n) is 4.90. The van der Waals surface area contributed by atoms with Crippen molar-refractivity contribution in [2.75, 3.05) is 0 Å². The monoisotopic (exact) mass is 337 g/mol. The van der Waals surface area contributed by atoms with Gasteiger partial charge in [0.15, 0.2) is 11.5 Å². The normalized spacial score (nSPS) is 15.0. The number of carbonyl (C=O) groups excluding carboxylic acids is 1. The minimum Gasteiger partial charge on any atom is -0.504 e. The van der Waals surface area contributed by atoms with Crippen LogP contribution in [-0.2, 0) is 0 Å². The highest BCUT2D eigenvalue weighted by molar-refractivity contribution is 5.96. The molecule has 0 atom stereocenters. The molecule has 6 heteroatoms. The van der Waals surface area contributed by atoms with Crippen LogP contribution in [0, 0.1) is 0 Å². The van der Waals surface area contributed by atoms with E-state index in [1.165, 1.54) is 25.0 Å². The van der Waals surface area contributed by atoms with Crippen molar-refractivity contribution in [1.82, 2.24) is 9.55 Å². The van der Waals surface area contributed by atoms with Crippen molar-refractivity contribution in [3.05, 3.63) is 42.0 Å². The van der Waals surface area contributed by atoms with Gasteiger partial charge in [-0.05, 0) is 49.2 Å². The zero-order valence-corrected chi connectivity index (χ0v) is 13.6. The van der Waals surface area contributed by atoms with Gasteiger partial charge in [0, 0.05) is 17.2 Å². The highest BCUT2D eigenvalue weighted by Gasteiger charge is 2.24. The van der Waals surface area contributed by atoms with Crippen LogP contribution in [0.15, 0.2) is 36.4 Å². The van der Waals surface area contributed by atoms with E-state index in [1.807, 2.05) is 6.07 Å². The van der Waals surface area contributed by atoms with E-state index in [2.05, 4.69) is 4.57 Å². The molecular weight excluding hydrogens is 318 g/mol. The molecule has 0 saturated heterocycles. The molecule has 6 nitrogen and oxygen atoms in total. The average molecular weight is 337 g/mol. The van der Waals surface area contributed by atoms with E-state index >= 15 is 0 Å². The SMILES string of the molecule is NC(=O)c1ccc2c(c1)nc(-c1ccc(O)c(O)c1)n2C1CCCC1. The molecule has 0 unspecified atom stereocenters. The predicted octanol–water partition coefficient (Wildman–Crippen LogP) is 3.33. The van der Waals surface area contributed by atoms with Crippen LogP contribution in [0.2, 0.25) is 0 Å². The Bertz CT molecular complexity index is 971. The Morgan fingerprint density at radius 2 is 1.84 bits per heavy atom. The smallest absolute Gasteiger partial charge is 0.248 e. The Hall–Kier alpha value is -3.02. The molecule has 1 aromatic heterocycles. The van der Waals surface area contributed by atoms with Crippen LogP contribution in [0.4, 0.5) is 0 Å². The fourth-order valence-corrected chi connectivity index (χ4v) is 3.65. The second-order valence-corrected chi connectivity index (χ2v) is 6.51. The molecular formula is C19H19N3O3. The summed E-state index contributed by atoms with van der Waals surface area (Å²) < 4.78 is 2.18. The van der Waals surface area contributed by atoms with Crippen LogP contribution in [0.5, 0.6) is 11.5 Å². The standard InChI is InChI=1S/C19H19N3O3/c20-18(25)11-5-7-15-14(9-11)21-19(22(15)13-3-1-2-4-13)12-6-8-16(23)17(24)10-12/h5-10,13,23-24H,1-4H2,(H2,20,25). The number of phenols is 2. The number of hydrogen-bond acceptors (Lipinski definition) is 4. The topological polar surface area (TPSA) is 101 Å². The van der Waals surface area contributed by atoms with Crippen LogP contribution in [0.1, 0.15) is 42.1 Å². The van der Waals surface area contributed by atoms with E-state index in [9.17, 15) is 15.0 Å². The lowest BCUT2D eigenvalue weighted by atomic mass is 10.1. The van der Waals surface area contributed by atoms with Crippen LogP contribution < -0.4 is 5.73 Å². The Morgan fingerprint density at radius 3 is 2.52 bits per heavy atom. The average Bonchev–Trinajstić information content (AvgIpc) is 3.23. The number of aromatic nitrogens is 2. The van der Waals surface area contributed by atoms with Gasteiger partial charge in [-0.15, -0.1) is 0 Å². The lowest BCUT2D eigenvalue weighted by molar-refractivity contribution is 0.100. The van der Waals surface area contributed by atoms with Crippen LogP contribution >= 0.6 is 0 Å². The Kier molecular flexibility index (Phi) is 3.60. The van der Waals surface area contributed by atoms with E-state index in [0.29, 0.717) is 17.1 Å². The van der Waals surface area contributed by atoms with E-state index in [-0.39, 0.29) is 11.5 Å². The van der Waals surface area contributed by atoms with Gasteiger partial charge in [-0.25, -0.2) is 4.98 Å². The molecule has 0 radical (unpaired) electrons. The molecule has 1 heterocycles. The number of amides is 1. The van der Waals surface area contributed by atoms with E-state index in [0.717, 1.165) is 29.7 Å². The molecule has 0 bridgehead atoms. The second-order valence-electron chi connectivity index (χ2n) is 6.51. The molecule has 0 spiro atoms. The number of imidazole rings is 1. The number of hydrogen-bond donors (Lipinski definition) is 3. The van der Waals surface area contributed by atoms with Crippen molar-refractivity contribution < 1.29 is 15.0 Å². The molecule has 1 saturated carbocycles. The van der Waals surface area contributed by atoms with Gasteiger partial charge in [0.1, 0.15) is 5.82 Å². The molecule has 4 N–H and O–H groups in total. The number of phenolic OH excluding ortho intramolecular Hbond substituents is 2. The summed E-state index contributed by atoms with van der Waals surface area (Å²) in [5, 5.41) is 19.4. The number of benzene rings is 2. The third kappa shape index (κ3) is 2.59. The van der Waals surface area contributed by atoms with Gasteiger partial charge in [0.2, 0.25) is 5.91 Å². The van der Waals surface area contributed by atoms with E-state index in [4.69, 9.17) is 10.7 Å². The summed E-state index contributed by atoms with van der Waals surface area (Å²) in [6, 6.07) is 10.3. The summed E-state index contributed by atoms with van der Waals surface area (Å²) >= 11 is 0. The fraction of sp³-hybridized carbons (Fsp3) is 0.263. The zero-order chi connectivity index (χ0) is 17.6. The molecule has 128 valence electrons. The van der Waals surface area contributed by atoms with Crippen molar-refractivity contribution in [2.45, 2.75) is 31.7 Å². The number of nitrogens with zero attached hydrogens (tertiary/aromatic N) is 2. The highest BCUT2D eigenvalue weighted by Crippen LogP contribution is 2.38. The van der Waals surface area contributed by atoms with Gasteiger partial charge >= 0.3 is 0 Å². The van der Waals surface area contributed by atoms with Gasteiger partial charge in [0.05, 0.1) is 11.0 Å². The summed E-state index contributed by atoms with van der Waals surface area (Å²) in [5.41, 5.74) is 8.17. The second kappa shape index (κ2) is 5.81. The maximum absolute atomic E-state index is 11.5. The largest absolute Gasteiger partial charge is 0.504 e. The molecule has 1 amide bonds. The van der Waals surface area contributed by atoms with Crippen molar-refractivity contribution >= 4 is 16.9 Å². The van der Waals surface area contributed by atoms with Crippen molar-refractivity contribution in [3.8, 4) is 22.9 Å². The van der Waals surface area contributed by atoms with E-state index in [1.54, 1.807) is 18.2 Å². The maximum atomic E-state index is 11.5. The number of aromatic hydroxyl groups is 2. The fourth-order valence-electron chi connectivity index (χ4n) is 3.65. The lowest BCUT2D eigenvalue weighted by Crippen LogP contribution is -2.10. The molecule has 1 aliphatic rings. The molecule has 1 aliphatic carbocycles. The molecule has 3 aromatic rings. The minimum atomic E-state index is -0.485. The summed E-state index contributed by atoms with van der Waals surface area (Å²) in [7, 11) is 0. The summed E-state index contributed by atoms with van der Waals surface area (Å²) in [4.78, 5) is 16.2. The Morgan fingerprint density at radius 1 is 1.08 bits per heavy atom. The number of fused-ring (bicyclic) bond motifs is 1. The quantitative estimate of drug-likeness (QED) is 0.638. The van der Waals surface area contributed by atoms with Gasteiger partial charge in [-0.2, -0.15) is 0 Å². The van der Waals surface area contributed by atoms with Gasteiger partial charge in [-0.1, -0.05) is 12.8 Å². The lowest BCUT2D eigenvalue weighted by Gasteiger charge is -2.16. The Balaban J connectivity index is 1.95. The first kappa shape index (κ1) is 15.5. The number of primary amides is 1. The van der Waals surface area contributed by atoms with Crippen LogP contribution in [0.25, 0.3) is 22.4 Å². The van der Waals surface area contributed by atoms with Crippen molar-refractivity contribution in [2.24, 2.45) is 5.73 Å². The first-order valence-electron chi connectivity index (χ1n) is 8.39. The number of rotatable bonds is 3. The van der Waals surface area contributed by atoms with Crippen LogP contribution in [0.3, 0.4) is 0 Å². The van der Waals surface area contributed by atoms with Crippen molar-refractivity contribution in [1.29, 1.82) is 0 Å². The van der Waals surface area contributed by atoms with Gasteiger partial charge in [0.25, 0.3) is 0 Å². The molecule has 25 heavy (non-hydrogen) atoms. The highest BCUT2D eigenvalue weighted by atomic mass is 16.3. The van der Waals surface area contributed by atoms with Crippen molar-refractivity contribution in [3.63, 3.8) is 0 Å². The van der Waals surface area contributed by atoms with Gasteiger partial charge < -0.3 is 20.5 Å². The molecule has 0 aliphatic heterocycles. The van der Waals surface area contributed by atoms with Gasteiger partial charge in [-0.3, -0.25) is 4.79 Å². The zero-order valence-electron chi connectivity index (χ0n) is 13.6. The Labute approximate surface area is 144 Å². The van der Waals surface area contributed by atoms with Crippen LogP contribution in [-0.4, -0.2) is 25.7 Å². The van der Waals surface area contributed by atoms with E-state index < -0.39 is 5.91 Å². The number of nitrogens with two attached hydrogens (primary N) is 1. The maximum Gasteiger partial charge on any atom is 0.248 e. The predicted molar refractivity (Wildman–Crippen MR) is 94.5 cm³/mol. The first-order valence-corrected chi connectivity index (χ1v) is 8.39. The molecule has 4 rings (SSSR count). The molecule has 1 fully saturated rings. The summed E-state index contributed by atoms with van der Waals surface area (Å²) in [6.07, 6.45) is 4.48. The molecule has 2 aromatic carbocycles.